The number of nitriles is 1. The van der Waals surface area contributed by atoms with Crippen LogP contribution in [0, 0.1) is 11.3 Å². The first-order valence-electron chi connectivity index (χ1n) is 4.13. The van der Waals surface area contributed by atoms with Crippen LogP contribution in [0.25, 0.3) is 11.3 Å². The lowest BCUT2D eigenvalue weighted by atomic mass is 10.1. The summed E-state index contributed by atoms with van der Waals surface area (Å²) in [4.78, 5) is 0. The summed E-state index contributed by atoms with van der Waals surface area (Å²) >= 11 is 5.82. The van der Waals surface area contributed by atoms with Crippen molar-refractivity contribution in [2.24, 2.45) is 0 Å². The topological polar surface area (TPSA) is 75.8 Å². The Balaban J connectivity index is 2.60. The van der Waals surface area contributed by atoms with E-state index in [0.717, 1.165) is 0 Å². The fourth-order valence-corrected chi connectivity index (χ4v) is 1.43. The Morgan fingerprint density at radius 2 is 2.27 bits per heavy atom. The van der Waals surface area contributed by atoms with Crippen molar-refractivity contribution in [2.75, 3.05) is 5.73 Å². The fraction of sp³-hybridized carbons (Fsp3) is 0. The van der Waals surface area contributed by atoms with Gasteiger partial charge in [-0.1, -0.05) is 28.9 Å². The molecule has 5 heteroatoms. The molecule has 15 heavy (non-hydrogen) atoms. The predicted molar refractivity (Wildman–Crippen MR) is 56.1 cm³/mol. The highest BCUT2D eigenvalue weighted by atomic mass is 35.5. The molecule has 0 aliphatic carbocycles. The number of halogens is 1. The molecule has 0 bridgehead atoms. The molecule has 1 aromatic heterocycles. The molecule has 0 spiro atoms. The second kappa shape index (κ2) is 3.64. The summed E-state index contributed by atoms with van der Waals surface area (Å²) in [6.07, 6.45) is 0. The molecule has 0 fully saturated rings. The monoisotopic (exact) mass is 219 g/mol. The summed E-state index contributed by atoms with van der Waals surface area (Å²) in [5.41, 5.74) is 6.80. The SMILES string of the molecule is N#Cc1c(-c2cccc(Cl)c2)noc1N. The van der Waals surface area contributed by atoms with Crippen molar-refractivity contribution in [1.82, 2.24) is 5.16 Å². The molecule has 2 aromatic rings. The number of hydrogen-bond acceptors (Lipinski definition) is 4. The van der Waals surface area contributed by atoms with Crippen LogP contribution in [0.15, 0.2) is 28.8 Å². The van der Waals surface area contributed by atoms with Crippen LogP contribution in [0.3, 0.4) is 0 Å². The summed E-state index contributed by atoms with van der Waals surface area (Å²) in [7, 11) is 0. The molecule has 0 radical (unpaired) electrons. The number of nitrogen functional groups attached to an aromatic ring is 1. The number of rotatable bonds is 1. The Morgan fingerprint density at radius 1 is 1.47 bits per heavy atom. The van der Waals surface area contributed by atoms with Crippen molar-refractivity contribution in [3.8, 4) is 17.3 Å². The van der Waals surface area contributed by atoms with Gasteiger partial charge in [0.15, 0.2) is 0 Å². The Morgan fingerprint density at radius 3 is 2.93 bits per heavy atom. The van der Waals surface area contributed by atoms with E-state index >= 15 is 0 Å². The molecule has 0 amide bonds. The van der Waals surface area contributed by atoms with Gasteiger partial charge in [0.2, 0.25) is 5.88 Å². The minimum absolute atomic E-state index is 0.0208. The summed E-state index contributed by atoms with van der Waals surface area (Å²) < 4.78 is 4.74. The van der Waals surface area contributed by atoms with Crippen LogP contribution in [0.4, 0.5) is 5.88 Å². The van der Waals surface area contributed by atoms with Gasteiger partial charge in [-0.15, -0.1) is 0 Å². The standard InChI is InChI=1S/C10H6ClN3O/c11-7-3-1-2-6(4-7)9-8(5-12)10(13)15-14-9/h1-4H,13H2. The number of anilines is 1. The van der Waals surface area contributed by atoms with Gasteiger partial charge in [-0.05, 0) is 12.1 Å². The second-order valence-electron chi connectivity index (χ2n) is 2.89. The van der Waals surface area contributed by atoms with Crippen molar-refractivity contribution < 1.29 is 4.52 Å². The summed E-state index contributed by atoms with van der Waals surface area (Å²) in [5, 5.41) is 13.1. The van der Waals surface area contributed by atoms with Crippen molar-refractivity contribution in [1.29, 1.82) is 5.26 Å². The van der Waals surface area contributed by atoms with E-state index in [9.17, 15) is 0 Å². The van der Waals surface area contributed by atoms with Crippen LogP contribution in [-0.4, -0.2) is 5.16 Å². The zero-order chi connectivity index (χ0) is 10.8. The lowest BCUT2D eigenvalue weighted by molar-refractivity contribution is 0.439. The Kier molecular flexibility index (Phi) is 2.32. The maximum Gasteiger partial charge on any atom is 0.240 e. The average molecular weight is 220 g/mol. The van der Waals surface area contributed by atoms with Gasteiger partial charge < -0.3 is 10.3 Å². The van der Waals surface area contributed by atoms with Crippen molar-refractivity contribution >= 4 is 17.5 Å². The Bertz CT molecular complexity index is 542. The molecule has 0 saturated carbocycles. The van der Waals surface area contributed by atoms with Gasteiger partial charge in [0.05, 0.1) is 0 Å². The first-order chi connectivity index (χ1) is 7.22. The van der Waals surface area contributed by atoms with Crippen LogP contribution >= 0.6 is 11.6 Å². The minimum atomic E-state index is 0.0208. The largest absolute Gasteiger partial charge is 0.366 e. The molecular weight excluding hydrogens is 214 g/mol. The highest BCUT2D eigenvalue weighted by Gasteiger charge is 2.14. The molecule has 0 unspecified atom stereocenters. The molecule has 0 aliphatic heterocycles. The Hall–Kier alpha value is -1.99. The zero-order valence-corrected chi connectivity index (χ0v) is 8.32. The van der Waals surface area contributed by atoms with E-state index in [2.05, 4.69) is 5.16 Å². The Labute approximate surface area is 90.9 Å². The van der Waals surface area contributed by atoms with Gasteiger partial charge in [0.25, 0.3) is 0 Å². The maximum absolute atomic E-state index is 8.86. The highest BCUT2D eigenvalue weighted by Crippen LogP contribution is 2.27. The van der Waals surface area contributed by atoms with E-state index in [1.54, 1.807) is 24.3 Å². The fourth-order valence-electron chi connectivity index (χ4n) is 1.24. The lowest BCUT2D eigenvalue weighted by Gasteiger charge is -1.96. The molecule has 2 rings (SSSR count). The first kappa shape index (κ1) is 9.56. The van der Waals surface area contributed by atoms with E-state index in [1.807, 2.05) is 6.07 Å². The summed E-state index contributed by atoms with van der Waals surface area (Å²) in [6, 6.07) is 8.92. The molecule has 0 atom stereocenters. The predicted octanol–water partition coefficient (Wildman–Crippen LogP) is 2.45. The maximum atomic E-state index is 8.86. The third-order valence-corrected chi connectivity index (χ3v) is 2.16. The molecule has 4 nitrogen and oxygen atoms in total. The average Bonchev–Trinajstić information content (AvgIpc) is 2.59. The first-order valence-corrected chi connectivity index (χ1v) is 4.51. The molecule has 0 saturated heterocycles. The number of nitrogens with zero attached hydrogens (tertiary/aromatic N) is 2. The molecule has 1 aromatic carbocycles. The zero-order valence-electron chi connectivity index (χ0n) is 7.57. The van der Waals surface area contributed by atoms with Crippen LogP contribution in [0.2, 0.25) is 5.02 Å². The van der Waals surface area contributed by atoms with Crippen molar-refractivity contribution in [3.63, 3.8) is 0 Å². The molecule has 74 valence electrons. The van der Waals surface area contributed by atoms with Crippen LogP contribution in [0.5, 0.6) is 0 Å². The second-order valence-corrected chi connectivity index (χ2v) is 3.33. The molecule has 1 heterocycles. The van der Waals surface area contributed by atoms with Gasteiger partial charge in [-0.25, -0.2) is 0 Å². The summed E-state index contributed by atoms with van der Waals surface area (Å²) in [5.74, 6) is 0.0208. The number of nitrogens with two attached hydrogens (primary N) is 1. The smallest absolute Gasteiger partial charge is 0.240 e. The van der Waals surface area contributed by atoms with Crippen molar-refractivity contribution in [3.05, 3.63) is 34.9 Å². The highest BCUT2D eigenvalue weighted by molar-refractivity contribution is 6.30. The molecule has 2 N–H and O–H groups in total. The van der Waals surface area contributed by atoms with Gasteiger partial charge in [0.1, 0.15) is 17.3 Å². The van der Waals surface area contributed by atoms with Gasteiger partial charge in [-0.3, -0.25) is 0 Å². The lowest BCUT2D eigenvalue weighted by Crippen LogP contribution is -1.86. The normalized spacial score (nSPS) is 9.87. The minimum Gasteiger partial charge on any atom is -0.366 e. The summed E-state index contributed by atoms with van der Waals surface area (Å²) in [6.45, 7) is 0. The van der Waals surface area contributed by atoms with E-state index in [0.29, 0.717) is 16.3 Å². The quantitative estimate of drug-likeness (QED) is 0.799. The van der Waals surface area contributed by atoms with Gasteiger partial charge in [-0.2, -0.15) is 5.26 Å². The van der Waals surface area contributed by atoms with Gasteiger partial charge >= 0.3 is 0 Å². The van der Waals surface area contributed by atoms with E-state index in [1.165, 1.54) is 0 Å². The third-order valence-electron chi connectivity index (χ3n) is 1.93. The van der Waals surface area contributed by atoms with E-state index in [4.69, 9.17) is 27.1 Å². The van der Waals surface area contributed by atoms with Crippen molar-refractivity contribution in [2.45, 2.75) is 0 Å². The molecular formula is C10H6ClN3O. The number of aromatic nitrogens is 1. The number of benzene rings is 1. The van der Waals surface area contributed by atoms with Crippen LogP contribution in [0.1, 0.15) is 5.56 Å². The molecule has 0 aliphatic rings. The van der Waals surface area contributed by atoms with Crippen LogP contribution in [-0.2, 0) is 0 Å². The number of hydrogen-bond donors (Lipinski definition) is 1. The van der Waals surface area contributed by atoms with E-state index in [-0.39, 0.29) is 11.4 Å². The van der Waals surface area contributed by atoms with E-state index < -0.39 is 0 Å². The van der Waals surface area contributed by atoms with Gasteiger partial charge in [0, 0.05) is 10.6 Å². The third kappa shape index (κ3) is 1.65. The van der Waals surface area contributed by atoms with Crippen LogP contribution < -0.4 is 5.73 Å².